The highest BCUT2D eigenvalue weighted by molar-refractivity contribution is 5.93. The number of rotatable bonds is 5. The highest BCUT2D eigenvalue weighted by Gasteiger charge is 2.20. The molecule has 1 aliphatic rings. The van der Waals surface area contributed by atoms with Gasteiger partial charge in [0.05, 0.1) is 17.4 Å². The monoisotopic (exact) mass is 377 g/mol. The lowest BCUT2D eigenvalue weighted by molar-refractivity contribution is 0.0935. The molecule has 0 aliphatic heterocycles. The van der Waals surface area contributed by atoms with Crippen molar-refractivity contribution in [3.8, 4) is 11.3 Å². The SMILES string of the molecule is CCn1nc(C)c(-c2cc(C(=O)N[C@@H](C)c3ccc4c(c3)CCC4)[nH]n2)c1C. The average Bonchev–Trinajstić information content (AvgIpc) is 3.39. The molecule has 2 heterocycles. The Labute approximate surface area is 165 Å². The Morgan fingerprint density at radius 2 is 2.04 bits per heavy atom. The molecule has 1 amide bonds. The minimum Gasteiger partial charge on any atom is -0.344 e. The molecule has 6 nitrogen and oxygen atoms in total. The van der Waals surface area contributed by atoms with Gasteiger partial charge in [0.25, 0.3) is 5.91 Å². The Kier molecular flexibility index (Phi) is 4.79. The van der Waals surface area contributed by atoms with Crippen molar-refractivity contribution in [2.24, 2.45) is 0 Å². The second kappa shape index (κ2) is 7.26. The molecule has 0 bridgehead atoms. The molecule has 2 N–H and O–H groups in total. The zero-order chi connectivity index (χ0) is 19.8. The molecule has 1 aromatic carbocycles. The van der Waals surface area contributed by atoms with Gasteiger partial charge >= 0.3 is 0 Å². The lowest BCUT2D eigenvalue weighted by atomic mass is 10.0. The maximum Gasteiger partial charge on any atom is 0.269 e. The molecular formula is C22H27N5O. The van der Waals surface area contributed by atoms with Crippen molar-refractivity contribution in [1.82, 2.24) is 25.3 Å². The molecule has 146 valence electrons. The molecule has 1 atom stereocenters. The second-order valence-corrected chi connectivity index (χ2v) is 7.61. The highest BCUT2D eigenvalue weighted by Crippen LogP contribution is 2.27. The van der Waals surface area contributed by atoms with Gasteiger partial charge in [-0.15, -0.1) is 0 Å². The van der Waals surface area contributed by atoms with E-state index < -0.39 is 0 Å². The van der Waals surface area contributed by atoms with Gasteiger partial charge in [-0.05, 0) is 69.7 Å². The molecule has 0 spiro atoms. The van der Waals surface area contributed by atoms with E-state index in [4.69, 9.17) is 0 Å². The van der Waals surface area contributed by atoms with E-state index in [1.807, 2.05) is 31.5 Å². The number of H-pyrrole nitrogens is 1. The van der Waals surface area contributed by atoms with Crippen molar-refractivity contribution in [2.75, 3.05) is 0 Å². The zero-order valence-corrected chi connectivity index (χ0v) is 17.0. The Hall–Kier alpha value is -2.89. The van der Waals surface area contributed by atoms with Gasteiger partial charge in [-0.2, -0.15) is 10.2 Å². The lowest BCUT2D eigenvalue weighted by Gasteiger charge is -2.15. The van der Waals surface area contributed by atoms with E-state index in [1.54, 1.807) is 0 Å². The molecule has 3 aromatic rings. The smallest absolute Gasteiger partial charge is 0.269 e. The van der Waals surface area contributed by atoms with Gasteiger partial charge in [-0.3, -0.25) is 14.6 Å². The van der Waals surface area contributed by atoms with Gasteiger partial charge in [-0.25, -0.2) is 0 Å². The van der Waals surface area contributed by atoms with Crippen LogP contribution in [-0.2, 0) is 19.4 Å². The van der Waals surface area contributed by atoms with E-state index in [1.165, 1.54) is 24.0 Å². The number of aromatic nitrogens is 4. The summed E-state index contributed by atoms with van der Waals surface area (Å²) in [6.45, 7) is 8.89. The van der Waals surface area contributed by atoms with E-state index >= 15 is 0 Å². The molecule has 0 radical (unpaired) electrons. The number of aromatic amines is 1. The van der Waals surface area contributed by atoms with Crippen molar-refractivity contribution in [3.05, 3.63) is 58.0 Å². The minimum absolute atomic E-state index is 0.0588. The normalized spacial score (nSPS) is 14.1. The number of carbonyl (C=O) groups is 1. The molecule has 0 unspecified atom stereocenters. The van der Waals surface area contributed by atoms with Gasteiger partial charge in [0.1, 0.15) is 5.69 Å². The number of fused-ring (bicyclic) bond motifs is 1. The maximum atomic E-state index is 12.7. The van der Waals surface area contributed by atoms with E-state index in [9.17, 15) is 4.79 Å². The largest absolute Gasteiger partial charge is 0.344 e. The molecule has 28 heavy (non-hydrogen) atoms. The minimum atomic E-state index is -0.148. The highest BCUT2D eigenvalue weighted by atomic mass is 16.2. The Bertz CT molecular complexity index is 1030. The summed E-state index contributed by atoms with van der Waals surface area (Å²) in [5, 5.41) is 14.9. The number of hydrogen-bond donors (Lipinski definition) is 2. The summed E-state index contributed by atoms with van der Waals surface area (Å²) in [4.78, 5) is 12.7. The molecule has 0 saturated heterocycles. The molecule has 4 rings (SSSR count). The summed E-state index contributed by atoms with van der Waals surface area (Å²) >= 11 is 0. The summed E-state index contributed by atoms with van der Waals surface area (Å²) in [6, 6.07) is 8.31. The van der Waals surface area contributed by atoms with Crippen LogP contribution >= 0.6 is 0 Å². The molecule has 1 aliphatic carbocycles. The quantitative estimate of drug-likeness (QED) is 0.708. The number of nitrogens with zero attached hydrogens (tertiary/aromatic N) is 3. The second-order valence-electron chi connectivity index (χ2n) is 7.61. The summed E-state index contributed by atoms with van der Waals surface area (Å²) < 4.78 is 1.95. The Morgan fingerprint density at radius 1 is 1.25 bits per heavy atom. The fraction of sp³-hybridized carbons (Fsp3) is 0.409. The van der Waals surface area contributed by atoms with Crippen LogP contribution in [0.25, 0.3) is 11.3 Å². The summed E-state index contributed by atoms with van der Waals surface area (Å²) in [6.07, 6.45) is 3.53. The number of amides is 1. The van der Waals surface area contributed by atoms with Crippen molar-refractivity contribution in [3.63, 3.8) is 0 Å². The van der Waals surface area contributed by atoms with Crippen molar-refractivity contribution in [1.29, 1.82) is 0 Å². The third-order valence-corrected chi connectivity index (χ3v) is 5.73. The molecular weight excluding hydrogens is 350 g/mol. The van der Waals surface area contributed by atoms with Gasteiger partial charge in [-0.1, -0.05) is 18.2 Å². The van der Waals surface area contributed by atoms with E-state index in [2.05, 4.69) is 45.7 Å². The van der Waals surface area contributed by atoms with Crippen LogP contribution in [0, 0.1) is 13.8 Å². The lowest BCUT2D eigenvalue weighted by Crippen LogP contribution is -2.27. The third-order valence-electron chi connectivity index (χ3n) is 5.73. The molecule has 0 saturated carbocycles. The predicted molar refractivity (Wildman–Crippen MR) is 109 cm³/mol. The van der Waals surface area contributed by atoms with E-state index in [0.717, 1.165) is 41.2 Å². The number of carbonyl (C=O) groups excluding carboxylic acids is 1. The number of benzene rings is 1. The first-order valence-electron chi connectivity index (χ1n) is 10.00. The first-order valence-corrected chi connectivity index (χ1v) is 10.00. The van der Waals surface area contributed by atoms with Gasteiger partial charge in [0, 0.05) is 17.8 Å². The van der Waals surface area contributed by atoms with Crippen LogP contribution in [0.2, 0.25) is 0 Å². The van der Waals surface area contributed by atoms with Gasteiger partial charge in [0.15, 0.2) is 0 Å². The summed E-state index contributed by atoms with van der Waals surface area (Å²) in [5.74, 6) is -0.148. The number of aryl methyl sites for hydroxylation is 4. The summed E-state index contributed by atoms with van der Waals surface area (Å²) in [5.41, 5.74) is 8.19. The first kappa shape index (κ1) is 18.5. The maximum absolute atomic E-state index is 12.7. The van der Waals surface area contributed by atoms with Crippen LogP contribution in [0.1, 0.15) is 64.9 Å². The molecule has 2 aromatic heterocycles. The van der Waals surface area contributed by atoms with Crippen LogP contribution in [0.3, 0.4) is 0 Å². The van der Waals surface area contributed by atoms with E-state index in [0.29, 0.717) is 5.69 Å². The standard InChI is InChI=1S/C22H27N5O/c1-5-27-15(4)21(14(3)26-27)19-12-20(25-24-19)22(28)23-13(2)17-10-9-16-7-6-8-18(16)11-17/h9-13H,5-8H2,1-4H3,(H,23,28)(H,24,25)/t13-/m0/s1. The Balaban J connectivity index is 1.51. The van der Waals surface area contributed by atoms with Crippen molar-refractivity contribution >= 4 is 5.91 Å². The van der Waals surface area contributed by atoms with E-state index in [-0.39, 0.29) is 11.9 Å². The van der Waals surface area contributed by atoms with Crippen molar-refractivity contribution < 1.29 is 4.79 Å². The number of hydrogen-bond acceptors (Lipinski definition) is 3. The predicted octanol–water partition coefficient (Wildman–Crippen LogP) is 3.89. The van der Waals surface area contributed by atoms with Crippen molar-refractivity contribution in [2.45, 2.75) is 59.5 Å². The van der Waals surface area contributed by atoms with Crippen LogP contribution in [0.5, 0.6) is 0 Å². The first-order chi connectivity index (χ1) is 13.5. The fourth-order valence-electron chi connectivity index (χ4n) is 4.16. The van der Waals surface area contributed by atoms with Crippen LogP contribution in [0.4, 0.5) is 0 Å². The number of nitrogens with one attached hydrogen (secondary N) is 2. The molecule has 0 fully saturated rings. The van der Waals surface area contributed by atoms with Gasteiger partial charge in [0.2, 0.25) is 0 Å². The average molecular weight is 377 g/mol. The van der Waals surface area contributed by atoms with Gasteiger partial charge < -0.3 is 5.32 Å². The Morgan fingerprint density at radius 3 is 2.79 bits per heavy atom. The summed E-state index contributed by atoms with van der Waals surface area (Å²) in [7, 11) is 0. The third kappa shape index (κ3) is 3.23. The van der Waals surface area contributed by atoms with Crippen LogP contribution in [0.15, 0.2) is 24.3 Å². The van der Waals surface area contributed by atoms with Crippen LogP contribution in [-0.4, -0.2) is 25.9 Å². The fourth-order valence-corrected chi connectivity index (χ4v) is 4.16. The van der Waals surface area contributed by atoms with Crippen LogP contribution < -0.4 is 5.32 Å². The topological polar surface area (TPSA) is 75.6 Å². The molecule has 6 heteroatoms. The zero-order valence-electron chi connectivity index (χ0n) is 17.0.